The summed E-state index contributed by atoms with van der Waals surface area (Å²) in [5.74, 6) is 0. The van der Waals surface area contributed by atoms with Crippen LogP contribution in [0.5, 0.6) is 0 Å². The lowest BCUT2D eigenvalue weighted by molar-refractivity contribution is 0.194. The molecule has 3 nitrogen and oxygen atoms in total. The molecule has 0 spiro atoms. The van der Waals surface area contributed by atoms with Crippen LogP contribution in [0.4, 0.5) is 5.69 Å². The monoisotopic (exact) mass is 236 g/mol. The first-order chi connectivity index (χ1) is 8.25. The Labute approximate surface area is 105 Å². The fourth-order valence-electron chi connectivity index (χ4n) is 1.69. The fraction of sp³-hybridized carbons (Fsp3) is 0.571. The van der Waals surface area contributed by atoms with Gasteiger partial charge < -0.3 is 15.4 Å². The lowest BCUT2D eigenvalue weighted by Gasteiger charge is -2.11. The molecule has 0 aliphatic heterocycles. The third-order valence-corrected chi connectivity index (χ3v) is 2.92. The molecule has 0 saturated heterocycles. The molecule has 3 heteroatoms. The Morgan fingerprint density at radius 1 is 1.12 bits per heavy atom. The van der Waals surface area contributed by atoms with Crippen LogP contribution in [-0.4, -0.2) is 33.4 Å². The molecule has 0 saturated carbocycles. The molecule has 1 aromatic rings. The molecule has 17 heavy (non-hydrogen) atoms. The molecule has 0 heterocycles. The van der Waals surface area contributed by atoms with Crippen molar-refractivity contribution in [1.29, 1.82) is 0 Å². The molecule has 0 fully saturated rings. The van der Waals surface area contributed by atoms with Gasteiger partial charge in [0.1, 0.15) is 0 Å². The normalized spacial score (nSPS) is 10.5. The number of nitrogens with one attached hydrogen (secondary N) is 2. The van der Waals surface area contributed by atoms with Crippen LogP contribution >= 0.6 is 0 Å². The van der Waals surface area contributed by atoms with E-state index < -0.39 is 0 Å². The van der Waals surface area contributed by atoms with E-state index in [9.17, 15) is 0 Å². The molecule has 0 unspecified atom stereocenters. The molecule has 0 aliphatic carbocycles. The summed E-state index contributed by atoms with van der Waals surface area (Å²) in [6, 6.07) is 6.37. The molecule has 0 aromatic heterocycles. The molecule has 2 N–H and O–H groups in total. The van der Waals surface area contributed by atoms with E-state index in [2.05, 4.69) is 42.7 Å². The summed E-state index contributed by atoms with van der Waals surface area (Å²) in [7, 11) is 1.74. The van der Waals surface area contributed by atoms with Crippen molar-refractivity contribution in [3.63, 3.8) is 0 Å². The SMILES string of the molecule is COCCCNCCNc1cccc(C)c1C. The maximum atomic E-state index is 4.99. The summed E-state index contributed by atoms with van der Waals surface area (Å²) in [6.07, 6.45) is 1.07. The quantitative estimate of drug-likeness (QED) is 0.680. The zero-order valence-corrected chi connectivity index (χ0v) is 11.2. The highest BCUT2D eigenvalue weighted by molar-refractivity contribution is 5.53. The Morgan fingerprint density at radius 2 is 1.94 bits per heavy atom. The summed E-state index contributed by atoms with van der Waals surface area (Å²) < 4.78 is 4.99. The molecule has 96 valence electrons. The Morgan fingerprint density at radius 3 is 2.71 bits per heavy atom. The number of methoxy groups -OCH3 is 1. The zero-order chi connectivity index (χ0) is 12.5. The number of ether oxygens (including phenoxy) is 1. The topological polar surface area (TPSA) is 33.3 Å². The highest BCUT2D eigenvalue weighted by Crippen LogP contribution is 2.17. The Hall–Kier alpha value is -1.06. The summed E-state index contributed by atoms with van der Waals surface area (Å²) in [5.41, 5.74) is 3.92. The minimum atomic E-state index is 0.831. The first-order valence-electron chi connectivity index (χ1n) is 6.25. The maximum absolute atomic E-state index is 4.99. The summed E-state index contributed by atoms with van der Waals surface area (Å²) in [6.45, 7) is 8.08. The predicted molar refractivity (Wildman–Crippen MR) is 73.8 cm³/mol. The molecule has 0 aliphatic rings. The van der Waals surface area contributed by atoms with Gasteiger partial charge in [-0.05, 0) is 44.0 Å². The second-order valence-corrected chi connectivity index (χ2v) is 4.27. The van der Waals surface area contributed by atoms with E-state index in [1.807, 2.05) is 0 Å². The highest BCUT2D eigenvalue weighted by atomic mass is 16.5. The number of aryl methyl sites for hydroxylation is 1. The minimum absolute atomic E-state index is 0.831. The minimum Gasteiger partial charge on any atom is -0.385 e. The maximum Gasteiger partial charge on any atom is 0.0474 e. The van der Waals surface area contributed by atoms with E-state index in [4.69, 9.17) is 4.74 Å². The van der Waals surface area contributed by atoms with Crippen LogP contribution < -0.4 is 10.6 Å². The zero-order valence-electron chi connectivity index (χ0n) is 11.2. The average Bonchev–Trinajstić information content (AvgIpc) is 2.33. The number of anilines is 1. The molecule has 0 amide bonds. The average molecular weight is 236 g/mol. The fourth-order valence-corrected chi connectivity index (χ4v) is 1.69. The van der Waals surface area contributed by atoms with E-state index >= 15 is 0 Å². The molecule has 0 atom stereocenters. The van der Waals surface area contributed by atoms with Crippen molar-refractivity contribution in [2.75, 3.05) is 38.7 Å². The van der Waals surface area contributed by atoms with Crippen LogP contribution in [0, 0.1) is 13.8 Å². The molecule has 0 bridgehead atoms. The van der Waals surface area contributed by atoms with Gasteiger partial charge in [0, 0.05) is 32.5 Å². The van der Waals surface area contributed by atoms with Gasteiger partial charge in [-0.2, -0.15) is 0 Å². The van der Waals surface area contributed by atoms with Gasteiger partial charge in [-0.3, -0.25) is 0 Å². The lowest BCUT2D eigenvalue weighted by atomic mass is 10.1. The van der Waals surface area contributed by atoms with Crippen molar-refractivity contribution >= 4 is 5.69 Å². The van der Waals surface area contributed by atoms with Crippen LogP contribution in [0.1, 0.15) is 17.5 Å². The molecule has 1 rings (SSSR count). The Balaban J connectivity index is 2.16. The van der Waals surface area contributed by atoms with E-state index in [0.717, 1.165) is 32.7 Å². The molecular weight excluding hydrogens is 212 g/mol. The smallest absolute Gasteiger partial charge is 0.0474 e. The van der Waals surface area contributed by atoms with Crippen molar-refractivity contribution in [3.05, 3.63) is 29.3 Å². The van der Waals surface area contributed by atoms with E-state index in [1.165, 1.54) is 16.8 Å². The van der Waals surface area contributed by atoms with Crippen molar-refractivity contribution in [2.24, 2.45) is 0 Å². The van der Waals surface area contributed by atoms with Gasteiger partial charge in [0.2, 0.25) is 0 Å². The Kier molecular flexibility index (Phi) is 6.67. The van der Waals surface area contributed by atoms with Gasteiger partial charge in [0.25, 0.3) is 0 Å². The molecule has 0 radical (unpaired) electrons. The molecule has 1 aromatic carbocycles. The van der Waals surface area contributed by atoms with Gasteiger partial charge in [0.15, 0.2) is 0 Å². The first kappa shape index (κ1) is 14.0. The van der Waals surface area contributed by atoms with Crippen molar-refractivity contribution < 1.29 is 4.74 Å². The number of hydrogen-bond donors (Lipinski definition) is 2. The van der Waals surface area contributed by atoms with E-state index in [-0.39, 0.29) is 0 Å². The van der Waals surface area contributed by atoms with Gasteiger partial charge in [-0.1, -0.05) is 12.1 Å². The third kappa shape index (κ3) is 5.20. The second-order valence-electron chi connectivity index (χ2n) is 4.27. The standard InChI is InChI=1S/C14H24N2O/c1-12-6-4-7-14(13(12)2)16-10-9-15-8-5-11-17-3/h4,6-7,15-16H,5,8-11H2,1-3H3. The second kappa shape index (κ2) is 8.09. The van der Waals surface area contributed by atoms with Crippen molar-refractivity contribution in [1.82, 2.24) is 5.32 Å². The summed E-state index contributed by atoms with van der Waals surface area (Å²) in [5, 5.41) is 6.83. The van der Waals surface area contributed by atoms with Crippen LogP contribution in [0.2, 0.25) is 0 Å². The largest absolute Gasteiger partial charge is 0.385 e. The highest BCUT2D eigenvalue weighted by Gasteiger charge is 1.98. The van der Waals surface area contributed by atoms with E-state index in [1.54, 1.807) is 7.11 Å². The number of benzene rings is 1. The number of rotatable bonds is 8. The van der Waals surface area contributed by atoms with Gasteiger partial charge in [-0.15, -0.1) is 0 Å². The Bertz CT molecular complexity index is 326. The van der Waals surface area contributed by atoms with Crippen LogP contribution in [0.3, 0.4) is 0 Å². The van der Waals surface area contributed by atoms with Crippen LogP contribution in [0.15, 0.2) is 18.2 Å². The third-order valence-electron chi connectivity index (χ3n) is 2.92. The van der Waals surface area contributed by atoms with Gasteiger partial charge >= 0.3 is 0 Å². The summed E-state index contributed by atoms with van der Waals surface area (Å²) >= 11 is 0. The molecular formula is C14H24N2O. The first-order valence-corrected chi connectivity index (χ1v) is 6.25. The van der Waals surface area contributed by atoms with Crippen molar-refractivity contribution in [3.8, 4) is 0 Å². The lowest BCUT2D eigenvalue weighted by Crippen LogP contribution is -2.24. The van der Waals surface area contributed by atoms with Crippen LogP contribution in [0.25, 0.3) is 0 Å². The number of hydrogen-bond acceptors (Lipinski definition) is 3. The summed E-state index contributed by atoms with van der Waals surface area (Å²) in [4.78, 5) is 0. The van der Waals surface area contributed by atoms with Gasteiger partial charge in [0.05, 0.1) is 0 Å². The van der Waals surface area contributed by atoms with E-state index in [0.29, 0.717) is 0 Å². The van der Waals surface area contributed by atoms with Gasteiger partial charge in [-0.25, -0.2) is 0 Å². The predicted octanol–water partition coefficient (Wildman–Crippen LogP) is 2.34. The van der Waals surface area contributed by atoms with Crippen molar-refractivity contribution in [2.45, 2.75) is 20.3 Å². The van der Waals surface area contributed by atoms with Crippen LogP contribution in [-0.2, 0) is 4.74 Å².